The number of rotatable bonds is 23. The highest BCUT2D eigenvalue weighted by Gasteiger charge is 2.19. The number of nitrogens with zero attached hydrogens (tertiary/aromatic N) is 1. The molecule has 1 nitrogen and oxygen atoms in total. The molecular formula is C26H55ClIN. The zero-order valence-electron chi connectivity index (χ0n) is 20.5. The Labute approximate surface area is 207 Å². The van der Waals surface area contributed by atoms with E-state index >= 15 is 0 Å². The SMILES string of the molecule is CCCCCCCCCCC[N+](C)(CCCCl)CCCCCCCCCCC.[I-]. The molecule has 0 amide bonds. The minimum Gasteiger partial charge on any atom is -1.00 e. The maximum Gasteiger partial charge on any atom is 0.0796 e. The summed E-state index contributed by atoms with van der Waals surface area (Å²) in [6.07, 6.45) is 26.9. The Morgan fingerprint density at radius 3 is 1.03 bits per heavy atom. The first-order chi connectivity index (χ1) is 13.7. The van der Waals surface area contributed by atoms with E-state index in [1.54, 1.807) is 0 Å². The Morgan fingerprint density at radius 1 is 0.448 bits per heavy atom. The van der Waals surface area contributed by atoms with E-state index in [1.165, 1.54) is 146 Å². The highest BCUT2D eigenvalue weighted by Crippen LogP contribution is 2.16. The van der Waals surface area contributed by atoms with Gasteiger partial charge < -0.3 is 28.5 Å². The lowest BCUT2D eigenvalue weighted by molar-refractivity contribution is -0.910. The number of quaternary nitrogens is 1. The highest BCUT2D eigenvalue weighted by molar-refractivity contribution is 6.17. The van der Waals surface area contributed by atoms with Crippen LogP contribution >= 0.6 is 11.6 Å². The van der Waals surface area contributed by atoms with Crippen LogP contribution in [-0.4, -0.2) is 37.0 Å². The summed E-state index contributed by atoms with van der Waals surface area (Å²) in [6.45, 7) is 8.60. The topological polar surface area (TPSA) is 0 Å². The number of hydrogen-bond acceptors (Lipinski definition) is 0. The molecule has 0 atom stereocenters. The summed E-state index contributed by atoms with van der Waals surface area (Å²) in [7, 11) is 2.49. The molecule has 0 rings (SSSR count). The Balaban J connectivity index is 0. The van der Waals surface area contributed by atoms with Gasteiger partial charge in [0.25, 0.3) is 0 Å². The van der Waals surface area contributed by atoms with Gasteiger partial charge in [-0.3, -0.25) is 0 Å². The first-order valence-corrected chi connectivity index (χ1v) is 13.6. The van der Waals surface area contributed by atoms with Gasteiger partial charge in [0.15, 0.2) is 0 Å². The Hall–Kier alpha value is 0.980. The minimum atomic E-state index is 0. The molecule has 0 aliphatic rings. The summed E-state index contributed by atoms with van der Waals surface area (Å²) in [5.74, 6) is 0.823. The number of unbranched alkanes of at least 4 members (excludes halogenated alkanes) is 16. The van der Waals surface area contributed by atoms with Crippen molar-refractivity contribution in [3.05, 3.63) is 0 Å². The molecule has 0 aliphatic carbocycles. The summed E-state index contributed by atoms with van der Waals surface area (Å²) in [6, 6.07) is 0. The van der Waals surface area contributed by atoms with Crippen LogP contribution in [0.1, 0.15) is 136 Å². The summed E-state index contributed by atoms with van der Waals surface area (Å²) < 4.78 is 1.26. The maximum atomic E-state index is 6.01. The van der Waals surface area contributed by atoms with Crippen molar-refractivity contribution in [2.24, 2.45) is 0 Å². The molecule has 0 radical (unpaired) electrons. The third kappa shape index (κ3) is 23.5. The zero-order chi connectivity index (χ0) is 20.8. The van der Waals surface area contributed by atoms with Gasteiger partial charge in [-0.15, -0.1) is 11.6 Å². The molecule has 0 heterocycles. The van der Waals surface area contributed by atoms with E-state index in [4.69, 9.17) is 11.6 Å². The van der Waals surface area contributed by atoms with Crippen molar-refractivity contribution in [2.75, 3.05) is 32.6 Å². The average molecular weight is 544 g/mol. The maximum absolute atomic E-state index is 6.01. The second-order valence-corrected chi connectivity index (χ2v) is 9.87. The molecule has 0 saturated carbocycles. The van der Waals surface area contributed by atoms with Crippen molar-refractivity contribution < 1.29 is 28.5 Å². The molecule has 0 aromatic heterocycles. The van der Waals surface area contributed by atoms with Crippen LogP contribution < -0.4 is 24.0 Å². The Kier molecular flexibility index (Phi) is 28.0. The second kappa shape index (κ2) is 25.2. The normalized spacial score (nSPS) is 11.6. The van der Waals surface area contributed by atoms with E-state index in [9.17, 15) is 0 Å². The summed E-state index contributed by atoms with van der Waals surface area (Å²) >= 11 is 6.01. The number of hydrogen-bond donors (Lipinski definition) is 0. The van der Waals surface area contributed by atoms with Crippen LogP contribution in [0.15, 0.2) is 0 Å². The first-order valence-electron chi connectivity index (χ1n) is 13.1. The third-order valence-electron chi connectivity index (χ3n) is 6.43. The first kappa shape index (κ1) is 32.2. The van der Waals surface area contributed by atoms with Crippen molar-refractivity contribution in [3.63, 3.8) is 0 Å². The zero-order valence-corrected chi connectivity index (χ0v) is 23.4. The number of alkyl halides is 1. The fraction of sp³-hybridized carbons (Fsp3) is 1.00. The predicted octanol–water partition coefficient (Wildman–Crippen LogP) is 6.13. The van der Waals surface area contributed by atoms with Gasteiger partial charge in [0.2, 0.25) is 0 Å². The summed E-state index contributed by atoms with van der Waals surface area (Å²) in [5, 5.41) is 0. The summed E-state index contributed by atoms with van der Waals surface area (Å²) in [5.41, 5.74) is 0. The Morgan fingerprint density at radius 2 is 0.724 bits per heavy atom. The molecule has 29 heavy (non-hydrogen) atoms. The molecule has 0 saturated heterocycles. The molecule has 0 spiro atoms. The van der Waals surface area contributed by atoms with E-state index in [0.29, 0.717) is 0 Å². The van der Waals surface area contributed by atoms with Crippen LogP contribution in [0, 0.1) is 0 Å². The molecule has 178 valence electrons. The van der Waals surface area contributed by atoms with Gasteiger partial charge in [-0.2, -0.15) is 0 Å². The van der Waals surface area contributed by atoms with Crippen LogP contribution in [-0.2, 0) is 0 Å². The van der Waals surface area contributed by atoms with Gasteiger partial charge in [0, 0.05) is 12.3 Å². The lowest BCUT2D eigenvalue weighted by atomic mass is 10.1. The quantitative estimate of drug-likeness (QED) is 0.0629. The molecule has 0 aromatic carbocycles. The summed E-state index contributed by atoms with van der Waals surface area (Å²) in [4.78, 5) is 0. The second-order valence-electron chi connectivity index (χ2n) is 9.49. The Bertz CT molecular complexity index is 276. The number of halogens is 2. The van der Waals surface area contributed by atoms with Crippen LogP contribution in [0.4, 0.5) is 0 Å². The van der Waals surface area contributed by atoms with E-state index < -0.39 is 0 Å². The van der Waals surface area contributed by atoms with E-state index in [1.807, 2.05) is 0 Å². The molecule has 0 aliphatic heterocycles. The predicted molar refractivity (Wildman–Crippen MR) is 131 cm³/mol. The molecule has 0 bridgehead atoms. The van der Waals surface area contributed by atoms with Crippen molar-refractivity contribution in [2.45, 2.75) is 136 Å². The lowest BCUT2D eigenvalue weighted by Gasteiger charge is -2.35. The fourth-order valence-electron chi connectivity index (χ4n) is 4.39. The molecule has 0 unspecified atom stereocenters. The monoisotopic (exact) mass is 543 g/mol. The van der Waals surface area contributed by atoms with Crippen molar-refractivity contribution >= 4 is 11.6 Å². The van der Waals surface area contributed by atoms with Crippen LogP contribution in [0.2, 0.25) is 0 Å². The fourth-order valence-corrected chi connectivity index (χ4v) is 4.50. The van der Waals surface area contributed by atoms with E-state index in [2.05, 4.69) is 20.9 Å². The minimum absolute atomic E-state index is 0. The molecular weight excluding hydrogens is 489 g/mol. The van der Waals surface area contributed by atoms with Gasteiger partial charge >= 0.3 is 0 Å². The molecule has 0 N–H and O–H groups in total. The smallest absolute Gasteiger partial charge is 0.0796 e. The van der Waals surface area contributed by atoms with Gasteiger partial charge in [-0.25, -0.2) is 0 Å². The van der Waals surface area contributed by atoms with Gasteiger partial charge in [0.05, 0.1) is 26.7 Å². The standard InChI is InChI=1S/C26H55ClN.HI/c1-4-6-8-10-12-14-16-18-20-24-28(3,26-22-23-27)25-21-19-17-15-13-11-9-7-5-2;/h4-26H2,1-3H3;1H/q+1;/p-1. The van der Waals surface area contributed by atoms with Gasteiger partial charge in [0.1, 0.15) is 0 Å². The van der Waals surface area contributed by atoms with Gasteiger partial charge in [-0.05, 0) is 25.7 Å². The average Bonchev–Trinajstić information content (AvgIpc) is 2.70. The van der Waals surface area contributed by atoms with Crippen LogP contribution in [0.3, 0.4) is 0 Å². The van der Waals surface area contributed by atoms with Crippen molar-refractivity contribution in [1.82, 2.24) is 0 Å². The molecule has 0 aromatic rings. The lowest BCUT2D eigenvalue weighted by Crippen LogP contribution is -3.00. The highest BCUT2D eigenvalue weighted by atomic mass is 127. The van der Waals surface area contributed by atoms with E-state index in [0.717, 1.165) is 5.88 Å². The third-order valence-corrected chi connectivity index (χ3v) is 6.70. The van der Waals surface area contributed by atoms with E-state index in [-0.39, 0.29) is 24.0 Å². The van der Waals surface area contributed by atoms with Crippen LogP contribution in [0.25, 0.3) is 0 Å². The van der Waals surface area contributed by atoms with Crippen molar-refractivity contribution in [3.8, 4) is 0 Å². The molecule has 3 heteroatoms. The van der Waals surface area contributed by atoms with Crippen molar-refractivity contribution in [1.29, 1.82) is 0 Å². The van der Waals surface area contributed by atoms with Gasteiger partial charge in [-0.1, -0.05) is 104 Å². The van der Waals surface area contributed by atoms with Crippen LogP contribution in [0.5, 0.6) is 0 Å². The largest absolute Gasteiger partial charge is 1.00 e. The molecule has 0 fully saturated rings.